The van der Waals surface area contributed by atoms with Gasteiger partial charge in [-0.3, -0.25) is 0 Å². The van der Waals surface area contributed by atoms with E-state index in [0.29, 0.717) is 17.3 Å². The normalized spacial score (nSPS) is 11.7. The zero-order valence-corrected chi connectivity index (χ0v) is 18.6. The van der Waals surface area contributed by atoms with Crippen molar-refractivity contribution < 1.29 is 9.13 Å². The molecule has 0 spiro atoms. The van der Waals surface area contributed by atoms with Gasteiger partial charge in [-0.05, 0) is 49.8 Å². The summed E-state index contributed by atoms with van der Waals surface area (Å²) >= 11 is 5.89. The Kier molecular flexibility index (Phi) is 6.63. The maximum atomic E-state index is 13.4. The minimum atomic E-state index is -0.468. The highest BCUT2D eigenvalue weighted by atomic mass is 35.5. The van der Waals surface area contributed by atoms with Gasteiger partial charge < -0.3 is 20.3 Å². The number of benzene rings is 2. The number of hydrogen-bond acceptors (Lipinski definition) is 6. The third kappa shape index (κ3) is 5.29. The van der Waals surface area contributed by atoms with E-state index in [1.807, 2.05) is 12.1 Å². The van der Waals surface area contributed by atoms with Crippen LogP contribution in [0.15, 0.2) is 36.7 Å². The fraction of sp³-hybridized carbons (Fsp3) is 0.364. The molecule has 160 valence electrons. The molecule has 0 radical (unpaired) electrons. The van der Waals surface area contributed by atoms with Crippen LogP contribution in [0.4, 0.5) is 21.6 Å². The molecule has 0 aliphatic carbocycles. The second-order valence-corrected chi connectivity index (χ2v) is 8.71. The minimum absolute atomic E-state index is 0.0442. The molecular weight excluding hydrogens is 405 g/mol. The Morgan fingerprint density at radius 1 is 1.17 bits per heavy atom. The Morgan fingerprint density at radius 3 is 2.60 bits per heavy atom. The Bertz CT molecular complexity index is 1040. The Morgan fingerprint density at radius 2 is 1.93 bits per heavy atom. The number of methoxy groups -OCH3 is 1. The molecule has 2 N–H and O–H groups in total. The summed E-state index contributed by atoms with van der Waals surface area (Å²) in [6.07, 6.45) is 1.49. The summed E-state index contributed by atoms with van der Waals surface area (Å²) in [4.78, 5) is 10.9. The number of nitrogens with zero attached hydrogens (tertiary/aromatic N) is 3. The van der Waals surface area contributed by atoms with E-state index in [9.17, 15) is 4.39 Å². The molecule has 30 heavy (non-hydrogen) atoms. The lowest BCUT2D eigenvalue weighted by atomic mass is 9.93. The van der Waals surface area contributed by atoms with Crippen LogP contribution in [0.1, 0.15) is 13.8 Å². The lowest BCUT2D eigenvalue weighted by Gasteiger charge is -2.29. The second kappa shape index (κ2) is 9.02. The van der Waals surface area contributed by atoms with Crippen molar-refractivity contribution in [3.05, 3.63) is 47.5 Å². The van der Waals surface area contributed by atoms with Crippen LogP contribution in [-0.2, 0) is 0 Å². The van der Waals surface area contributed by atoms with Crippen LogP contribution in [0.2, 0.25) is 5.02 Å². The molecule has 0 saturated carbocycles. The first kappa shape index (κ1) is 22.1. The number of hydrogen-bond donors (Lipinski definition) is 2. The van der Waals surface area contributed by atoms with Gasteiger partial charge in [-0.25, -0.2) is 14.4 Å². The van der Waals surface area contributed by atoms with Gasteiger partial charge in [0.15, 0.2) is 0 Å². The van der Waals surface area contributed by atoms with E-state index in [1.165, 1.54) is 18.5 Å². The molecule has 6 nitrogen and oxygen atoms in total. The Hall–Kier alpha value is -2.64. The first-order chi connectivity index (χ1) is 14.2. The van der Waals surface area contributed by atoms with E-state index < -0.39 is 5.82 Å². The molecule has 0 saturated heterocycles. The van der Waals surface area contributed by atoms with Crippen LogP contribution in [0, 0.1) is 11.2 Å². The molecule has 0 aliphatic heterocycles. The molecule has 2 aromatic carbocycles. The number of halogens is 2. The van der Waals surface area contributed by atoms with Gasteiger partial charge in [0.2, 0.25) is 0 Å². The van der Waals surface area contributed by atoms with Crippen LogP contribution in [-0.4, -0.2) is 49.2 Å². The largest absolute Gasteiger partial charge is 0.495 e. The van der Waals surface area contributed by atoms with Crippen LogP contribution in [0.3, 0.4) is 0 Å². The smallest absolute Gasteiger partial charge is 0.142 e. The fourth-order valence-electron chi connectivity index (χ4n) is 3.45. The van der Waals surface area contributed by atoms with Gasteiger partial charge in [-0.1, -0.05) is 25.4 Å². The highest BCUT2D eigenvalue weighted by Crippen LogP contribution is 2.34. The number of anilines is 3. The Labute approximate surface area is 181 Å². The van der Waals surface area contributed by atoms with Gasteiger partial charge in [0.1, 0.15) is 23.7 Å². The lowest BCUT2D eigenvalue weighted by Crippen LogP contribution is -2.34. The van der Waals surface area contributed by atoms with Crippen molar-refractivity contribution in [2.45, 2.75) is 13.8 Å². The molecule has 0 unspecified atom stereocenters. The maximum Gasteiger partial charge on any atom is 0.142 e. The molecule has 3 rings (SSSR count). The van der Waals surface area contributed by atoms with Crippen molar-refractivity contribution in [1.82, 2.24) is 14.9 Å². The molecular formula is C22H27ClFN5O. The molecule has 0 atom stereocenters. The summed E-state index contributed by atoms with van der Waals surface area (Å²) in [5.41, 5.74) is 2.33. The summed E-state index contributed by atoms with van der Waals surface area (Å²) < 4.78 is 19.1. The average molecular weight is 432 g/mol. The summed E-state index contributed by atoms with van der Waals surface area (Å²) in [5, 5.41) is 7.50. The van der Waals surface area contributed by atoms with Crippen molar-refractivity contribution in [2.75, 3.05) is 44.9 Å². The van der Waals surface area contributed by atoms with E-state index in [-0.39, 0.29) is 10.4 Å². The first-order valence-corrected chi connectivity index (χ1v) is 10.00. The van der Waals surface area contributed by atoms with Crippen LogP contribution in [0.5, 0.6) is 5.75 Å². The first-order valence-electron chi connectivity index (χ1n) is 9.62. The van der Waals surface area contributed by atoms with Gasteiger partial charge in [0.05, 0.1) is 23.3 Å². The van der Waals surface area contributed by atoms with Crippen molar-refractivity contribution in [1.29, 1.82) is 0 Å². The molecule has 0 amide bonds. The second-order valence-electron chi connectivity index (χ2n) is 8.30. The Balaban J connectivity index is 1.91. The monoisotopic (exact) mass is 431 g/mol. The molecule has 0 aliphatic rings. The standard InChI is InChI=1S/C22H27ClFN5O/c1-22(2,12-29(3)4)11-25-19-10-18-15(9-20(19)30-5)21(27-13-26-18)28-14-6-7-17(24)16(23)8-14/h6-10,13,25H,11-12H2,1-5H3,(H,26,27,28). The topological polar surface area (TPSA) is 62.3 Å². The minimum Gasteiger partial charge on any atom is -0.495 e. The SMILES string of the molecule is COc1cc2c(Nc3ccc(F)c(Cl)c3)ncnc2cc1NCC(C)(C)CN(C)C. The van der Waals surface area contributed by atoms with Gasteiger partial charge in [0, 0.05) is 24.2 Å². The lowest BCUT2D eigenvalue weighted by molar-refractivity contribution is 0.254. The number of nitrogens with one attached hydrogen (secondary N) is 2. The summed E-state index contributed by atoms with van der Waals surface area (Å²) in [7, 11) is 5.77. The molecule has 3 aromatic rings. The third-order valence-electron chi connectivity index (χ3n) is 4.64. The van der Waals surface area contributed by atoms with Crippen LogP contribution in [0.25, 0.3) is 10.9 Å². The number of aromatic nitrogens is 2. The summed E-state index contributed by atoms with van der Waals surface area (Å²) in [6.45, 7) is 6.15. The van der Waals surface area contributed by atoms with Gasteiger partial charge >= 0.3 is 0 Å². The number of ether oxygens (including phenoxy) is 1. The predicted octanol–water partition coefficient (Wildman–Crippen LogP) is 5.17. The highest BCUT2D eigenvalue weighted by molar-refractivity contribution is 6.31. The molecule has 8 heteroatoms. The fourth-order valence-corrected chi connectivity index (χ4v) is 3.63. The van der Waals surface area contributed by atoms with Crippen molar-refractivity contribution >= 4 is 39.7 Å². The van der Waals surface area contributed by atoms with E-state index in [0.717, 1.165) is 29.7 Å². The summed E-state index contributed by atoms with van der Waals surface area (Å²) in [5.74, 6) is 0.808. The summed E-state index contributed by atoms with van der Waals surface area (Å²) in [6, 6.07) is 8.28. The van der Waals surface area contributed by atoms with E-state index in [1.54, 1.807) is 13.2 Å². The van der Waals surface area contributed by atoms with Crippen LogP contribution >= 0.6 is 11.6 Å². The number of rotatable bonds is 8. The van der Waals surface area contributed by atoms with Crippen molar-refractivity contribution in [2.24, 2.45) is 5.41 Å². The zero-order chi connectivity index (χ0) is 21.9. The zero-order valence-electron chi connectivity index (χ0n) is 17.9. The van der Waals surface area contributed by atoms with E-state index >= 15 is 0 Å². The average Bonchev–Trinajstić information content (AvgIpc) is 2.68. The van der Waals surface area contributed by atoms with Crippen LogP contribution < -0.4 is 15.4 Å². The van der Waals surface area contributed by atoms with Gasteiger partial charge in [-0.2, -0.15) is 0 Å². The van der Waals surface area contributed by atoms with E-state index in [2.05, 4.69) is 53.4 Å². The van der Waals surface area contributed by atoms with Crippen molar-refractivity contribution in [3.8, 4) is 5.75 Å². The van der Waals surface area contributed by atoms with Gasteiger partial charge in [0.25, 0.3) is 0 Å². The molecule has 1 heterocycles. The highest BCUT2D eigenvalue weighted by Gasteiger charge is 2.20. The predicted molar refractivity (Wildman–Crippen MR) is 122 cm³/mol. The quantitative estimate of drug-likeness (QED) is 0.512. The third-order valence-corrected chi connectivity index (χ3v) is 4.93. The van der Waals surface area contributed by atoms with Gasteiger partial charge in [-0.15, -0.1) is 0 Å². The molecule has 0 bridgehead atoms. The van der Waals surface area contributed by atoms with Crippen molar-refractivity contribution in [3.63, 3.8) is 0 Å². The molecule has 0 fully saturated rings. The maximum absolute atomic E-state index is 13.4. The van der Waals surface area contributed by atoms with E-state index in [4.69, 9.17) is 16.3 Å². The molecule has 1 aromatic heterocycles. The number of fused-ring (bicyclic) bond motifs is 1.